The molecule has 4 heterocycles. The summed E-state index contributed by atoms with van der Waals surface area (Å²) < 4.78 is 4.63. The molecular formula is C38H30N4. The van der Waals surface area contributed by atoms with Crippen molar-refractivity contribution in [1.29, 1.82) is 0 Å². The van der Waals surface area contributed by atoms with E-state index in [2.05, 4.69) is 146 Å². The molecule has 0 aliphatic rings. The fourth-order valence-electron chi connectivity index (χ4n) is 6.71. The van der Waals surface area contributed by atoms with E-state index in [4.69, 9.17) is 9.97 Å². The maximum Gasteiger partial charge on any atom is 0.140 e. The van der Waals surface area contributed by atoms with Gasteiger partial charge in [-0.1, -0.05) is 72.8 Å². The second-order valence-electron chi connectivity index (χ2n) is 11.2. The van der Waals surface area contributed by atoms with Crippen LogP contribution in [0.25, 0.3) is 66.4 Å². The molecule has 4 heteroatoms. The standard InChI is InChI=1S/C38H30N4/c1-23-25(3)39-26(4)24(2)38(23)27-21-36(41-32-17-9-5-13-28(32)29-14-6-10-18-33(29)41)40-37(22-27)42-34-19-11-7-15-30(34)31-16-8-12-20-35(31)42/h5-22H,1-4H3. The predicted molar refractivity (Wildman–Crippen MR) is 175 cm³/mol. The average molecular weight is 543 g/mol. The van der Waals surface area contributed by atoms with Gasteiger partial charge in [0, 0.05) is 32.9 Å². The van der Waals surface area contributed by atoms with Gasteiger partial charge in [0.15, 0.2) is 0 Å². The first-order valence-corrected chi connectivity index (χ1v) is 14.5. The van der Waals surface area contributed by atoms with Crippen LogP contribution >= 0.6 is 0 Å². The van der Waals surface area contributed by atoms with Crippen LogP contribution in [0, 0.1) is 27.7 Å². The molecule has 8 rings (SSSR count). The number of fused-ring (bicyclic) bond motifs is 6. The van der Waals surface area contributed by atoms with Gasteiger partial charge in [-0.2, -0.15) is 0 Å². The van der Waals surface area contributed by atoms with Gasteiger partial charge >= 0.3 is 0 Å². The van der Waals surface area contributed by atoms with Gasteiger partial charge in [-0.05, 0) is 86.3 Å². The summed E-state index contributed by atoms with van der Waals surface area (Å²) in [7, 11) is 0. The smallest absolute Gasteiger partial charge is 0.140 e. The molecule has 0 saturated carbocycles. The lowest BCUT2D eigenvalue weighted by Crippen LogP contribution is -2.06. The summed E-state index contributed by atoms with van der Waals surface area (Å²) in [5.41, 5.74) is 11.5. The Labute approximate surface area is 244 Å². The van der Waals surface area contributed by atoms with Crippen LogP contribution in [0.1, 0.15) is 22.5 Å². The zero-order valence-electron chi connectivity index (χ0n) is 24.2. The summed E-state index contributed by atoms with van der Waals surface area (Å²) in [6.07, 6.45) is 0. The van der Waals surface area contributed by atoms with E-state index in [9.17, 15) is 0 Å². The minimum atomic E-state index is 0.896. The van der Waals surface area contributed by atoms with Crippen LogP contribution in [0.2, 0.25) is 0 Å². The number of nitrogens with zero attached hydrogens (tertiary/aromatic N) is 4. The largest absolute Gasteiger partial charge is 0.294 e. The van der Waals surface area contributed by atoms with Crippen LogP contribution in [0.15, 0.2) is 109 Å². The van der Waals surface area contributed by atoms with E-state index in [1.54, 1.807) is 0 Å². The van der Waals surface area contributed by atoms with Gasteiger partial charge in [0.25, 0.3) is 0 Å². The van der Waals surface area contributed by atoms with E-state index in [1.807, 2.05) is 0 Å². The molecule has 4 aromatic heterocycles. The molecule has 202 valence electrons. The van der Waals surface area contributed by atoms with E-state index in [1.165, 1.54) is 38.2 Å². The molecular weight excluding hydrogens is 512 g/mol. The van der Waals surface area contributed by atoms with Gasteiger partial charge < -0.3 is 0 Å². The third kappa shape index (κ3) is 3.48. The van der Waals surface area contributed by atoms with Crippen molar-refractivity contribution in [2.45, 2.75) is 27.7 Å². The lowest BCUT2D eigenvalue weighted by atomic mass is 9.94. The number of pyridine rings is 2. The Kier molecular flexibility index (Phi) is 5.35. The maximum absolute atomic E-state index is 5.46. The highest BCUT2D eigenvalue weighted by Gasteiger charge is 2.20. The molecule has 42 heavy (non-hydrogen) atoms. The number of hydrogen-bond acceptors (Lipinski definition) is 2. The number of benzene rings is 4. The molecule has 0 spiro atoms. The fourth-order valence-corrected chi connectivity index (χ4v) is 6.71. The van der Waals surface area contributed by atoms with Crippen molar-refractivity contribution in [2.75, 3.05) is 0 Å². The summed E-state index contributed by atoms with van der Waals surface area (Å²) in [6, 6.07) is 39.0. The first kappa shape index (κ1) is 24.6. The topological polar surface area (TPSA) is 35.6 Å². The van der Waals surface area contributed by atoms with Crippen LogP contribution in [-0.4, -0.2) is 19.1 Å². The molecule has 4 nitrogen and oxygen atoms in total. The molecule has 0 bridgehead atoms. The lowest BCUT2D eigenvalue weighted by Gasteiger charge is -2.18. The monoisotopic (exact) mass is 542 g/mol. The van der Waals surface area contributed by atoms with Gasteiger partial charge in [0.1, 0.15) is 11.6 Å². The Morgan fingerprint density at radius 1 is 0.429 bits per heavy atom. The molecule has 0 fully saturated rings. The van der Waals surface area contributed by atoms with E-state index >= 15 is 0 Å². The highest BCUT2D eigenvalue weighted by Crippen LogP contribution is 2.38. The van der Waals surface area contributed by atoms with Crippen molar-refractivity contribution >= 4 is 43.6 Å². The van der Waals surface area contributed by atoms with Gasteiger partial charge in [-0.25, -0.2) is 4.98 Å². The predicted octanol–water partition coefficient (Wildman–Crippen LogP) is 9.57. The summed E-state index contributed by atoms with van der Waals surface area (Å²) in [6.45, 7) is 8.58. The first-order chi connectivity index (χ1) is 20.5. The Morgan fingerprint density at radius 3 is 1.12 bits per heavy atom. The van der Waals surface area contributed by atoms with Crippen molar-refractivity contribution in [3.63, 3.8) is 0 Å². The highest BCUT2D eigenvalue weighted by molar-refractivity contribution is 6.10. The van der Waals surface area contributed by atoms with E-state index < -0.39 is 0 Å². The second kappa shape index (κ2) is 9.15. The van der Waals surface area contributed by atoms with Crippen LogP contribution < -0.4 is 0 Å². The quantitative estimate of drug-likeness (QED) is 0.223. The summed E-state index contributed by atoms with van der Waals surface area (Å²) >= 11 is 0. The van der Waals surface area contributed by atoms with Crippen LogP contribution in [0.4, 0.5) is 0 Å². The van der Waals surface area contributed by atoms with E-state index in [0.29, 0.717) is 0 Å². The van der Waals surface area contributed by atoms with Crippen molar-refractivity contribution in [1.82, 2.24) is 19.1 Å². The van der Waals surface area contributed by atoms with Crippen molar-refractivity contribution in [2.24, 2.45) is 0 Å². The van der Waals surface area contributed by atoms with Gasteiger partial charge in [0.2, 0.25) is 0 Å². The molecule has 8 aromatic rings. The third-order valence-electron chi connectivity index (χ3n) is 8.88. The third-order valence-corrected chi connectivity index (χ3v) is 8.88. The number of rotatable bonds is 3. The van der Waals surface area contributed by atoms with Crippen LogP contribution in [-0.2, 0) is 0 Å². The number of para-hydroxylation sites is 4. The summed E-state index contributed by atoms with van der Waals surface area (Å²) in [5, 5.41) is 4.90. The Morgan fingerprint density at radius 2 is 0.762 bits per heavy atom. The minimum Gasteiger partial charge on any atom is -0.294 e. The summed E-state index contributed by atoms with van der Waals surface area (Å²) in [4.78, 5) is 10.3. The number of aromatic nitrogens is 4. The minimum absolute atomic E-state index is 0.896. The van der Waals surface area contributed by atoms with Gasteiger partial charge in [0.05, 0.1) is 22.1 Å². The normalized spacial score (nSPS) is 11.8. The molecule has 0 radical (unpaired) electrons. The summed E-state index contributed by atoms with van der Waals surface area (Å²) in [5.74, 6) is 1.79. The number of aryl methyl sites for hydroxylation is 2. The molecule has 0 saturated heterocycles. The zero-order valence-corrected chi connectivity index (χ0v) is 24.2. The second-order valence-corrected chi connectivity index (χ2v) is 11.2. The zero-order chi connectivity index (χ0) is 28.5. The van der Waals surface area contributed by atoms with Crippen molar-refractivity contribution in [3.05, 3.63) is 132 Å². The van der Waals surface area contributed by atoms with Crippen LogP contribution in [0.3, 0.4) is 0 Å². The van der Waals surface area contributed by atoms with E-state index in [0.717, 1.165) is 50.7 Å². The van der Waals surface area contributed by atoms with Crippen molar-refractivity contribution in [3.8, 4) is 22.8 Å². The van der Waals surface area contributed by atoms with Crippen LogP contribution in [0.5, 0.6) is 0 Å². The molecule has 0 aliphatic heterocycles. The van der Waals surface area contributed by atoms with Crippen molar-refractivity contribution < 1.29 is 0 Å². The molecule has 0 N–H and O–H groups in total. The highest BCUT2D eigenvalue weighted by atomic mass is 15.1. The maximum atomic E-state index is 5.46. The van der Waals surface area contributed by atoms with Gasteiger partial charge in [-0.15, -0.1) is 0 Å². The molecule has 0 amide bonds. The van der Waals surface area contributed by atoms with Gasteiger partial charge in [-0.3, -0.25) is 14.1 Å². The molecule has 0 unspecified atom stereocenters. The Balaban J connectivity index is 1.54. The Bertz CT molecular complexity index is 2090. The SMILES string of the molecule is Cc1nc(C)c(C)c(-c2cc(-n3c4ccccc4c4ccccc43)nc(-n3c4ccccc4c4ccccc43)c2)c1C. The lowest BCUT2D eigenvalue weighted by molar-refractivity contribution is 1.01. The number of hydrogen-bond donors (Lipinski definition) is 0. The molecule has 0 aliphatic carbocycles. The molecule has 4 aromatic carbocycles. The Hall–Kier alpha value is -5.22. The van der Waals surface area contributed by atoms with E-state index in [-0.39, 0.29) is 0 Å². The fraction of sp³-hybridized carbons (Fsp3) is 0.105. The first-order valence-electron chi connectivity index (χ1n) is 14.5. The molecule has 0 atom stereocenters. The average Bonchev–Trinajstić information content (AvgIpc) is 3.53.